The van der Waals surface area contributed by atoms with Crippen LogP contribution in [-0.2, 0) is 0 Å². The second kappa shape index (κ2) is 5.69. The lowest BCUT2D eigenvalue weighted by molar-refractivity contribution is 1.01. The first-order chi connectivity index (χ1) is 11.7. The zero-order valence-corrected chi connectivity index (χ0v) is 13.3. The molecule has 118 valence electrons. The van der Waals surface area contributed by atoms with Crippen LogP contribution in [0.5, 0.6) is 0 Å². The van der Waals surface area contributed by atoms with Crippen molar-refractivity contribution in [3.8, 4) is 0 Å². The van der Waals surface area contributed by atoms with Gasteiger partial charge in [0.15, 0.2) is 5.65 Å². The van der Waals surface area contributed by atoms with Crippen molar-refractivity contribution in [1.82, 2.24) is 25.1 Å². The molecule has 0 atom stereocenters. The van der Waals surface area contributed by atoms with Crippen LogP contribution in [0.25, 0.3) is 22.1 Å². The van der Waals surface area contributed by atoms with Crippen LogP contribution in [0.1, 0.15) is 18.2 Å². The van der Waals surface area contributed by atoms with Crippen LogP contribution in [0, 0.1) is 6.92 Å². The molecule has 0 fully saturated rings. The highest BCUT2D eigenvalue weighted by Gasteiger charge is 2.09. The maximum Gasteiger partial charge on any atom is 0.265 e. The smallest absolute Gasteiger partial charge is 0.265 e. The minimum absolute atomic E-state index is 0.334. The Hall–Kier alpha value is -3.35. The number of hydrogen-bond acceptors (Lipinski definition) is 6. The molecule has 0 radical (unpaired) electrons. The second-order valence-corrected chi connectivity index (χ2v) is 5.53. The van der Waals surface area contributed by atoms with Crippen LogP contribution in [0.2, 0.25) is 0 Å². The summed E-state index contributed by atoms with van der Waals surface area (Å²) in [5.41, 5.74) is 7.96. The van der Waals surface area contributed by atoms with E-state index in [1.54, 1.807) is 6.20 Å². The first kappa shape index (κ1) is 14.3. The Morgan fingerprint density at radius 3 is 2.92 bits per heavy atom. The van der Waals surface area contributed by atoms with Crippen molar-refractivity contribution >= 4 is 33.7 Å². The van der Waals surface area contributed by atoms with Crippen LogP contribution in [0.15, 0.2) is 47.7 Å². The van der Waals surface area contributed by atoms with E-state index in [-0.39, 0.29) is 0 Å². The molecule has 0 saturated heterocycles. The molecule has 3 aromatic heterocycles. The molecule has 0 amide bonds. The van der Waals surface area contributed by atoms with E-state index in [9.17, 15) is 0 Å². The molecule has 2 N–H and O–H groups in total. The summed E-state index contributed by atoms with van der Waals surface area (Å²) in [6.45, 7) is 3.91. The molecule has 0 spiro atoms. The van der Waals surface area contributed by atoms with Gasteiger partial charge < -0.3 is 4.98 Å². The molecule has 0 aliphatic carbocycles. The van der Waals surface area contributed by atoms with E-state index in [4.69, 9.17) is 0 Å². The molecule has 0 unspecified atom stereocenters. The van der Waals surface area contributed by atoms with Gasteiger partial charge in [-0.05, 0) is 38.1 Å². The number of benzene rings is 1. The van der Waals surface area contributed by atoms with E-state index in [0.717, 1.165) is 27.8 Å². The van der Waals surface area contributed by atoms with E-state index in [1.165, 1.54) is 5.56 Å². The fourth-order valence-electron chi connectivity index (χ4n) is 2.50. The van der Waals surface area contributed by atoms with Crippen molar-refractivity contribution in [1.29, 1.82) is 0 Å². The third-order valence-corrected chi connectivity index (χ3v) is 3.73. The molecule has 0 saturated carbocycles. The monoisotopic (exact) mass is 317 g/mol. The average Bonchev–Trinajstić information content (AvgIpc) is 2.97. The van der Waals surface area contributed by atoms with Crippen molar-refractivity contribution in [2.45, 2.75) is 13.8 Å². The van der Waals surface area contributed by atoms with Gasteiger partial charge in [-0.1, -0.05) is 17.7 Å². The Morgan fingerprint density at radius 2 is 2.08 bits per heavy atom. The summed E-state index contributed by atoms with van der Waals surface area (Å²) in [5, 5.41) is 13.7. The summed E-state index contributed by atoms with van der Waals surface area (Å²) < 4.78 is 0. The Kier molecular flexibility index (Phi) is 3.38. The van der Waals surface area contributed by atoms with Crippen LogP contribution in [0.4, 0.5) is 5.95 Å². The average molecular weight is 317 g/mol. The first-order valence-electron chi connectivity index (χ1n) is 7.55. The van der Waals surface area contributed by atoms with E-state index < -0.39 is 0 Å². The third-order valence-electron chi connectivity index (χ3n) is 3.73. The van der Waals surface area contributed by atoms with Crippen molar-refractivity contribution < 1.29 is 0 Å². The van der Waals surface area contributed by atoms with Gasteiger partial charge in [0.25, 0.3) is 5.95 Å². The lowest BCUT2D eigenvalue weighted by Crippen LogP contribution is -2.04. The van der Waals surface area contributed by atoms with Crippen LogP contribution in [0.3, 0.4) is 0 Å². The zero-order chi connectivity index (χ0) is 16.5. The molecule has 0 aliphatic rings. The molecule has 24 heavy (non-hydrogen) atoms. The summed E-state index contributed by atoms with van der Waals surface area (Å²) >= 11 is 0. The summed E-state index contributed by atoms with van der Waals surface area (Å²) in [7, 11) is 0. The number of nitrogens with zero attached hydrogens (tertiary/aromatic N) is 5. The number of pyridine rings is 1. The maximum atomic E-state index is 4.44. The Labute approximate surface area is 137 Å². The van der Waals surface area contributed by atoms with Crippen LogP contribution in [-0.4, -0.2) is 30.9 Å². The van der Waals surface area contributed by atoms with Gasteiger partial charge >= 0.3 is 0 Å². The predicted molar refractivity (Wildman–Crippen MR) is 94.0 cm³/mol. The highest BCUT2D eigenvalue weighted by molar-refractivity contribution is 6.03. The van der Waals surface area contributed by atoms with Crippen molar-refractivity contribution in [3.05, 3.63) is 53.9 Å². The summed E-state index contributed by atoms with van der Waals surface area (Å²) in [6.07, 6.45) is 1.73. The molecule has 0 aliphatic heterocycles. The van der Waals surface area contributed by atoms with Gasteiger partial charge in [-0.3, -0.25) is 4.98 Å². The van der Waals surface area contributed by atoms with Gasteiger partial charge in [-0.25, -0.2) is 5.43 Å². The molecular weight excluding hydrogens is 302 g/mol. The number of aryl methyl sites for hydroxylation is 1. The largest absolute Gasteiger partial charge is 0.338 e. The maximum absolute atomic E-state index is 4.44. The van der Waals surface area contributed by atoms with Gasteiger partial charge in [-0.15, -0.1) is 10.2 Å². The number of fused-ring (bicyclic) bond motifs is 3. The van der Waals surface area contributed by atoms with E-state index in [0.29, 0.717) is 11.6 Å². The molecule has 7 heteroatoms. The SMILES string of the molecule is C/C(=N\Nc1nnc2c(n1)[nH]c1ccc(C)cc12)c1ccccn1. The Balaban J connectivity index is 1.67. The first-order valence-corrected chi connectivity index (χ1v) is 7.55. The van der Waals surface area contributed by atoms with E-state index in [1.807, 2.05) is 44.2 Å². The number of H-pyrrole nitrogens is 1. The highest BCUT2D eigenvalue weighted by Crippen LogP contribution is 2.23. The van der Waals surface area contributed by atoms with E-state index in [2.05, 4.69) is 41.7 Å². The number of rotatable bonds is 3. The quantitative estimate of drug-likeness (QED) is 0.447. The zero-order valence-electron chi connectivity index (χ0n) is 13.3. The topological polar surface area (TPSA) is 91.7 Å². The number of aromatic amines is 1. The second-order valence-electron chi connectivity index (χ2n) is 5.53. The summed E-state index contributed by atoms with van der Waals surface area (Å²) in [5.74, 6) is 0.334. The third kappa shape index (κ3) is 2.56. The molecular formula is C17H15N7. The number of anilines is 1. The summed E-state index contributed by atoms with van der Waals surface area (Å²) in [4.78, 5) is 11.9. The van der Waals surface area contributed by atoms with Gasteiger partial charge in [0.2, 0.25) is 0 Å². The van der Waals surface area contributed by atoms with Gasteiger partial charge in [0, 0.05) is 17.1 Å². The van der Waals surface area contributed by atoms with Crippen LogP contribution >= 0.6 is 0 Å². The molecule has 7 nitrogen and oxygen atoms in total. The molecule has 1 aromatic carbocycles. The van der Waals surface area contributed by atoms with Crippen molar-refractivity contribution in [3.63, 3.8) is 0 Å². The van der Waals surface area contributed by atoms with Gasteiger partial charge in [0.1, 0.15) is 5.52 Å². The van der Waals surface area contributed by atoms with Crippen LogP contribution < -0.4 is 5.43 Å². The van der Waals surface area contributed by atoms with Gasteiger partial charge in [0.05, 0.1) is 11.4 Å². The fourth-order valence-corrected chi connectivity index (χ4v) is 2.50. The Morgan fingerprint density at radius 1 is 1.17 bits per heavy atom. The lowest BCUT2D eigenvalue weighted by Gasteiger charge is -2.01. The molecule has 4 aromatic rings. The van der Waals surface area contributed by atoms with Gasteiger partial charge in [-0.2, -0.15) is 10.1 Å². The molecule has 3 heterocycles. The lowest BCUT2D eigenvalue weighted by atomic mass is 10.2. The van der Waals surface area contributed by atoms with Crippen molar-refractivity contribution in [2.24, 2.45) is 5.10 Å². The summed E-state index contributed by atoms with van der Waals surface area (Å²) in [6, 6.07) is 11.8. The highest BCUT2D eigenvalue weighted by atomic mass is 15.4. The molecule has 4 rings (SSSR count). The minimum atomic E-state index is 0.334. The fraction of sp³-hybridized carbons (Fsp3) is 0.118. The van der Waals surface area contributed by atoms with Crippen molar-refractivity contribution in [2.75, 3.05) is 5.43 Å². The minimum Gasteiger partial charge on any atom is -0.338 e. The number of hydrazone groups is 1. The number of hydrogen-bond donors (Lipinski definition) is 2. The Bertz CT molecular complexity index is 1050. The normalized spacial score (nSPS) is 12.0. The van der Waals surface area contributed by atoms with E-state index >= 15 is 0 Å². The standard InChI is InChI=1S/C17H15N7/c1-10-6-7-14-12(9-10)15-16(19-14)20-17(24-22-15)23-21-11(2)13-5-3-4-8-18-13/h3-9H,1-2H3,(H2,19,20,23,24)/b21-11+. The molecule has 0 bridgehead atoms. The predicted octanol–water partition coefficient (Wildman–Crippen LogP) is 3.05. The number of nitrogens with one attached hydrogen (secondary N) is 2. The number of aromatic nitrogens is 5.